The van der Waals surface area contributed by atoms with E-state index in [4.69, 9.17) is 23.2 Å². The van der Waals surface area contributed by atoms with Crippen LogP contribution >= 0.6 is 23.2 Å². The first-order valence-electron chi connectivity index (χ1n) is 4.59. The quantitative estimate of drug-likeness (QED) is 0.744. The van der Waals surface area contributed by atoms with Gasteiger partial charge in [-0.25, -0.2) is 0 Å². The van der Waals surface area contributed by atoms with Gasteiger partial charge in [0.1, 0.15) is 0 Å². The van der Waals surface area contributed by atoms with Crippen LogP contribution in [0.5, 0.6) is 0 Å². The zero-order valence-corrected chi connectivity index (χ0v) is 10.4. The third-order valence-electron chi connectivity index (χ3n) is 2.16. The molecule has 0 aromatic heterocycles. The fraction of sp³-hybridized carbons (Fsp3) is 0.400. The van der Waals surface area contributed by atoms with E-state index >= 15 is 0 Å². The van der Waals surface area contributed by atoms with Gasteiger partial charge < -0.3 is 10.0 Å². The minimum atomic E-state index is -1.58. The van der Waals surface area contributed by atoms with Gasteiger partial charge in [-0.1, -0.05) is 44.0 Å². The van der Waals surface area contributed by atoms with E-state index in [9.17, 15) is 10.0 Å². The van der Waals surface area contributed by atoms with Crippen LogP contribution in [0.25, 0.3) is 0 Å². The van der Waals surface area contributed by atoms with Crippen LogP contribution in [0.4, 0.5) is 0 Å². The second kappa shape index (κ2) is 4.34. The lowest BCUT2D eigenvalue weighted by atomic mass is 9.70. The minimum Gasteiger partial charge on any atom is -0.423 e. The molecular weight excluding hydrogens is 234 g/mol. The SMILES string of the molecule is CC(C)(C)c1cc(Cl)cc(Cl)c1B(O)O. The number of hydrogen-bond acceptors (Lipinski definition) is 2. The summed E-state index contributed by atoms with van der Waals surface area (Å²) in [4.78, 5) is 0. The van der Waals surface area contributed by atoms with Gasteiger partial charge in [-0.2, -0.15) is 0 Å². The summed E-state index contributed by atoms with van der Waals surface area (Å²) in [6.45, 7) is 5.88. The molecule has 1 aromatic rings. The number of benzene rings is 1. The van der Waals surface area contributed by atoms with Crippen LogP contribution in [0.15, 0.2) is 12.1 Å². The molecule has 15 heavy (non-hydrogen) atoms. The van der Waals surface area contributed by atoms with Crippen molar-refractivity contribution in [1.82, 2.24) is 0 Å². The molecule has 2 nitrogen and oxygen atoms in total. The Morgan fingerprint density at radius 1 is 1.13 bits per heavy atom. The molecule has 0 spiro atoms. The molecule has 1 rings (SSSR count). The monoisotopic (exact) mass is 246 g/mol. The van der Waals surface area contributed by atoms with Crippen molar-refractivity contribution in [3.05, 3.63) is 27.7 Å². The summed E-state index contributed by atoms with van der Waals surface area (Å²) in [5.41, 5.74) is 0.830. The summed E-state index contributed by atoms with van der Waals surface area (Å²) in [6, 6.07) is 3.22. The second-order valence-electron chi connectivity index (χ2n) is 4.47. The molecule has 5 heteroatoms. The van der Waals surface area contributed by atoms with E-state index in [1.54, 1.807) is 6.07 Å². The zero-order valence-electron chi connectivity index (χ0n) is 8.88. The number of hydrogen-bond donors (Lipinski definition) is 2. The van der Waals surface area contributed by atoms with Gasteiger partial charge in [0.15, 0.2) is 0 Å². The van der Waals surface area contributed by atoms with Gasteiger partial charge in [0.05, 0.1) is 0 Å². The topological polar surface area (TPSA) is 40.5 Å². The van der Waals surface area contributed by atoms with Crippen molar-refractivity contribution in [1.29, 1.82) is 0 Å². The smallest absolute Gasteiger partial charge is 0.423 e. The van der Waals surface area contributed by atoms with Crippen LogP contribution in [-0.4, -0.2) is 17.2 Å². The summed E-state index contributed by atoms with van der Waals surface area (Å²) in [5.74, 6) is 0. The van der Waals surface area contributed by atoms with Crippen LogP contribution < -0.4 is 5.46 Å². The van der Waals surface area contributed by atoms with Gasteiger partial charge in [-0.3, -0.25) is 0 Å². The van der Waals surface area contributed by atoms with Crippen molar-refractivity contribution in [3.63, 3.8) is 0 Å². The molecular formula is C10H13BCl2O2. The molecule has 0 aliphatic heterocycles. The van der Waals surface area contributed by atoms with E-state index in [0.717, 1.165) is 5.56 Å². The molecule has 0 aliphatic carbocycles. The van der Waals surface area contributed by atoms with Crippen LogP contribution in [0.1, 0.15) is 26.3 Å². The maximum absolute atomic E-state index is 9.27. The van der Waals surface area contributed by atoms with Gasteiger partial charge in [0.2, 0.25) is 0 Å². The zero-order chi connectivity index (χ0) is 11.8. The first-order valence-corrected chi connectivity index (χ1v) is 5.34. The molecule has 0 saturated heterocycles. The number of halogens is 2. The molecule has 0 unspecified atom stereocenters. The first-order chi connectivity index (χ1) is 6.73. The van der Waals surface area contributed by atoms with Gasteiger partial charge in [-0.05, 0) is 23.1 Å². The van der Waals surface area contributed by atoms with E-state index in [-0.39, 0.29) is 10.4 Å². The molecule has 0 aliphatic rings. The van der Waals surface area contributed by atoms with Crippen molar-refractivity contribution in [2.24, 2.45) is 0 Å². The van der Waals surface area contributed by atoms with E-state index in [1.165, 1.54) is 6.07 Å². The average molecular weight is 247 g/mol. The average Bonchev–Trinajstić information content (AvgIpc) is 1.99. The highest BCUT2D eigenvalue weighted by atomic mass is 35.5. The van der Waals surface area contributed by atoms with Crippen LogP contribution in [-0.2, 0) is 5.41 Å². The normalized spacial score (nSPS) is 11.7. The lowest BCUT2D eigenvalue weighted by molar-refractivity contribution is 0.424. The predicted molar refractivity (Wildman–Crippen MR) is 65.0 cm³/mol. The molecule has 0 radical (unpaired) electrons. The fourth-order valence-corrected chi connectivity index (χ4v) is 2.06. The minimum absolute atomic E-state index is 0.242. The van der Waals surface area contributed by atoms with Crippen molar-refractivity contribution in [2.45, 2.75) is 26.2 Å². The highest BCUT2D eigenvalue weighted by Crippen LogP contribution is 2.27. The Labute approximate surface area is 100.0 Å². The van der Waals surface area contributed by atoms with Crippen LogP contribution in [0.2, 0.25) is 10.0 Å². The predicted octanol–water partition coefficient (Wildman–Crippen LogP) is 1.97. The molecule has 0 heterocycles. The number of rotatable bonds is 1. The second-order valence-corrected chi connectivity index (χ2v) is 5.32. The molecule has 0 fully saturated rings. The highest BCUT2D eigenvalue weighted by Gasteiger charge is 2.27. The largest absolute Gasteiger partial charge is 0.490 e. The van der Waals surface area contributed by atoms with Gasteiger partial charge >= 0.3 is 7.12 Å². The van der Waals surface area contributed by atoms with Crippen molar-refractivity contribution in [2.75, 3.05) is 0 Å². The third kappa shape index (κ3) is 2.88. The van der Waals surface area contributed by atoms with Gasteiger partial charge in [0, 0.05) is 15.5 Å². The summed E-state index contributed by atoms with van der Waals surface area (Å²) in [6.07, 6.45) is 0. The third-order valence-corrected chi connectivity index (χ3v) is 2.69. The Morgan fingerprint density at radius 2 is 1.67 bits per heavy atom. The van der Waals surface area contributed by atoms with Crippen molar-refractivity contribution in [3.8, 4) is 0 Å². The fourth-order valence-electron chi connectivity index (χ4n) is 1.47. The van der Waals surface area contributed by atoms with Crippen molar-refractivity contribution < 1.29 is 10.0 Å². The lowest BCUT2D eigenvalue weighted by Gasteiger charge is -2.24. The molecule has 0 atom stereocenters. The molecule has 2 N–H and O–H groups in total. The van der Waals surface area contributed by atoms with Crippen molar-refractivity contribution >= 4 is 35.8 Å². The van der Waals surface area contributed by atoms with Gasteiger partial charge in [-0.15, -0.1) is 0 Å². The molecule has 82 valence electrons. The van der Waals surface area contributed by atoms with E-state index in [2.05, 4.69) is 0 Å². The summed E-state index contributed by atoms with van der Waals surface area (Å²) < 4.78 is 0. The van der Waals surface area contributed by atoms with Crippen LogP contribution in [0.3, 0.4) is 0 Å². The summed E-state index contributed by atoms with van der Waals surface area (Å²) in [5, 5.41) is 19.3. The Hall–Kier alpha value is -0.215. The Bertz CT molecular complexity index is 372. The highest BCUT2D eigenvalue weighted by molar-refractivity contribution is 6.63. The van der Waals surface area contributed by atoms with E-state index in [1.807, 2.05) is 20.8 Å². The summed E-state index contributed by atoms with van der Waals surface area (Å²) in [7, 11) is -1.58. The van der Waals surface area contributed by atoms with E-state index in [0.29, 0.717) is 10.5 Å². The van der Waals surface area contributed by atoms with Crippen LogP contribution in [0, 0.1) is 0 Å². The molecule has 0 saturated carbocycles. The van der Waals surface area contributed by atoms with Gasteiger partial charge in [0.25, 0.3) is 0 Å². The molecule has 0 amide bonds. The maximum atomic E-state index is 9.27. The Balaban J connectivity index is 3.47. The molecule has 0 bridgehead atoms. The lowest BCUT2D eigenvalue weighted by Crippen LogP contribution is -2.38. The standard InChI is InChI=1S/C10H13BCl2O2/c1-10(2,3)7-4-6(12)5-8(13)9(7)11(14)15/h4-5,14-15H,1-3H3. The Kier molecular flexibility index (Phi) is 3.72. The summed E-state index contributed by atoms with van der Waals surface area (Å²) >= 11 is 11.8. The molecule has 1 aromatic carbocycles. The first kappa shape index (κ1) is 12.9. The van der Waals surface area contributed by atoms with E-state index < -0.39 is 7.12 Å². The maximum Gasteiger partial charge on any atom is 0.490 e. The Morgan fingerprint density at radius 3 is 2.07 bits per heavy atom.